The van der Waals surface area contributed by atoms with Crippen LogP contribution in [0.5, 0.6) is 0 Å². The molecule has 0 unspecified atom stereocenters. The Labute approximate surface area is 153 Å². The molecule has 6 nitrogen and oxygen atoms in total. The van der Waals surface area contributed by atoms with Gasteiger partial charge in [-0.2, -0.15) is 0 Å². The molecule has 132 valence electrons. The van der Waals surface area contributed by atoms with Gasteiger partial charge in [0.1, 0.15) is 18.0 Å². The van der Waals surface area contributed by atoms with Gasteiger partial charge in [-0.05, 0) is 12.1 Å². The predicted octanol–water partition coefficient (Wildman–Crippen LogP) is 2.58. The topological polar surface area (TPSA) is 74.8 Å². The Morgan fingerprint density at radius 2 is 2.08 bits per heavy atom. The van der Waals surface area contributed by atoms with Crippen LogP contribution in [0.2, 0.25) is 5.02 Å². The van der Waals surface area contributed by atoms with E-state index < -0.39 is 0 Å². The molecule has 0 fully saturated rings. The van der Waals surface area contributed by atoms with E-state index in [9.17, 15) is 9.18 Å². The van der Waals surface area contributed by atoms with Crippen LogP contribution in [0.15, 0.2) is 41.7 Å². The fourth-order valence-electron chi connectivity index (χ4n) is 3.08. The second-order valence-corrected chi connectivity index (χ2v) is 6.54. The first-order valence-corrected chi connectivity index (χ1v) is 8.52. The van der Waals surface area contributed by atoms with Gasteiger partial charge in [-0.25, -0.2) is 19.3 Å². The summed E-state index contributed by atoms with van der Waals surface area (Å²) in [5.74, 6) is 0.120. The molecule has 0 saturated heterocycles. The highest BCUT2D eigenvalue weighted by Crippen LogP contribution is 2.24. The molecule has 0 spiro atoms. The molecule has 1 N–H and O–H groups in total. The zero-order valence-corrected chi connectivity index (χ0v) is 14.5. The minimum Gasteiger partial charge on any atom is -0.306 e. The molecule has 1 aliphatic heterocycles. The van der Waals surface area contributed by atoms with Crippen molar-refractivity contribution in [2.75, 3.05) is 6.54 Å². The minimum atomic E-state index is -0.338. The van der Waals surface area contributed by atoms with Gasteiger partial charge in [0.2, 0.25) is 0 Å². The van der Waals surface area contributed by atoms with Crippen molar-refractivity contribution >= 4 is 11.6 Å². The number of rotatable bonds is 3. The van der Waals surface area contributed by atoms with Gasteiger partial charge in [0.15, 0.2) is 0 Å². The average Bonchev–Trinajstić information content (AvgIpc) is 2.66. The molecule has 0 aliphatic carbocycles. The van der Waals surface area contributed by atoms with Crippen molar-refractivity contribution in [2.45, 2.75) is 19.5 Å². The van der Waals surface area contributed by atoms with Crippen molar-refractivity contribution < 1.29 is 4.39 Å². The van der Waals surface area contributed by atoms with Crippen LogP contribution in [-0.2, 0) is 19.5 Å². The third-order valence-corrected chi connectivity index (χ3v) is 4.78. The molecule has 2 aromatic heterocycles. The molecule has 8 heteroatoms. The smallest absolute Gasteiger partial charge is 0.255 e. The maximum absolute atomic E-state index is 14.0. The highest BCUT2D eigenvalue weighted by Gasteiger charge is 2.23. The van der Waals surface area contributed by atoms with Gasteiger partial charge < -0.3 is 4.98 Å². The molecule has 3 heterocycles. The molecule has 4 rings (SSSR count). The Morgan fingerprint density at radius 1 is 1.27 bits per heavy atom. The lowest BCUT2D eigenvalue weighted by Crippen LogP contribution is -2.35. The SMILES string of the molecule is O=c1[nH]c(-c2cncnc2)nc2c1CN(Cc1c(F)cccc1Cl)CC2. The lowest BCUT2D eigenvalue weighted by atomic mass is 10.1. The van der Waals surface area contributed by atoms with E-state index in [1.54, 1.807) is 24.5 Å². The molecule has 1 aromatic carbocycles. The Kier molecular flexibility index (Phi) is 4.48. The number of hydrogen-bond donors (Lipinski definition) is 1. The van der Waals surface area contributed by atoms with Crippen LogP contribution in [0, 0.1) is 5.82 Å². The van der Waals surface area contributed by atoms with Crippen molar-refractivity contribution in [3.63, 3.8) is 0 Å². The average molecular weight is 372 g/mol. The Morgan fingerprint density at radius 3 is 2.85 bits per heavy atom. The lowest BCUT2D eigenvalue weighted by Gasteiger charge is -2.28. The van der Waals surface area contributed by atoms with Gasteiger partial charge >= 0.3 is 0 Å². The van der Waals surface area contributed by atoms with Crippen molar-refractivity contribution in [1.82, 2.24) is 24.8 Å². The molecule has 0 amide bonds. The fraction of sp³-hybridized carbons (Fsp3) is 0.222. The first-order valence-electron chi connectivity index (χ1n) is 8.14. The summed E-state index contributed by atoms with van der Waals surface area (Å²) in [4.78, 5) is 29.8. The highest BCUT2D eigenvalue weighted by molar-refractivity contribution is 6.31. The number of H-pyrrole nitrogens is 1. The summed E-state index contributed by atoms with van der Waals surface area (Å²) in [5, 5.41) is 0.391. The van der Waals surface area contributed by atoms with Crippen LogP contribution in [0.3, 0.4) is 0 Å². The van der Waals surface area contributed by atoms with E-state index in [2.05, 4.69) is 19.9 Å². The monoisotopic (exact) mass is 371 g/mol. The van der Waals surface area contributed by atoms with E-state index in [4.69, 9.17) is 11.6 Å². The largest absolute Gasteiger partial charge is 0.306 e. The van der Waals surface area contributed by atoms with Gasteiger partial charge in [-0.15, -0.1) is 0 Å². The highest BCUT2D eigenvalue weighted by atomic mass is 35.5. The van der Waals surface area contributed by atoms with Crippen LogP contribution >= 0.6 is 11.6 Å². The van der Waals surface area contributed by atoms with E-state index in [-0.39, 0.29) is 11.4 Å². The number of benzene rings is 1. The zero-order valence-electron chi connectivity index (χ0n) is 13.7. The Balaban J connectivity index is 1.61. The first-order chi connectivity index (χ1) is 12.6. The van der Waals surface area contributed by atoms with Gasteiger partial charge in [-0.1, -0.05) is 17.7 Å². The summed E-state index contributed by atoms with van der Waals surface area (Å²) >= 11 is 6.11. The standard InChI is InChI=1S/C18H15ClFN5O/c19-14-2-1-3-15(20)12(14)8-25-5-4-16-13(9-25)18(26)24-17(23-16)11-6-21-10-22-7-11/h1-3,6-7,10H,4-5,8-9H2,(H,23,24,26). The van der Waals surface area contributed by atoms with Crippen LogP contribution in [0.1, 0.15) is 16.8 Å². The molecule has 0 bridgehead atoms. The van der Waals surface area contributed by atoms with Crippen LogP contribution in [0.25, 0.3) is 11.4 Å². The lowest BCUT2D eigenvalue weighted by molar-refractivity contribution is 0.238. The van der Waals surface area contributed by atoms with Crippen LogP contribution in [-0.4, -0.2) is 31.4 Å². The van der Waals surface area contributed by atoms with Crippen molar-refractivity contribution in [3.05, 3.63) is 74.9 Å². The number of aromatic nitrogens is 4. The molecule has 1 aliphatic rings. The fourth-order valence-corrected chi connectivity index (χ4v) is 3.30. The first kappa shape index (κ1) is 16.8. The second-order valence-electron chi connectivity index (χ2n) is 6.13. The zero-order chi connectivity index (χ0) is 18.1. The van der Waals surface area contributed by atoms with Crippen LogP contribution in [0.4, 0.5) is 4.39 Å². The van der Waals surface area contributed by atoms with E-state index in [1.807, 2.05) is 4.90 Å². The quantitative estimate of drug-likeness (QED) is 0.766. The van der Waals surface area contributed by atoms with Crippen molar-refractivity contribution in [2.24, 2.45) is 0 Å². The normalized spacial score (nSPS) is 14.2. The molecule has 26 heavy (non-hydrogen) atoms. The van der Waals surface area contributed by atoms with E-state index >= 15 is 0 Å². The molecular weight excluding hydrogens is 357 g/mol. The number of halogens is 2. The van der Waals surface area contributed by atoms with Crippen LogP contribution < -0.4 is 5.56 Å². The maximum atomic E-state index is 14.0. The molecular formula is C18H15ClFN5O. The van der Waals surface area contributed by atoms with Crippen molar-refractivity contribution in [3.8, 4) is 11.4 Å². The van der Waals surface area contributed by atoms with E-state index in [0.29, 0.717) is 53.6 Å². The van der Waals surface area contributed by atoms with Crippen molar-refractivity contribution in [1.29, 1.82) is 0 Å². The summed E-state index contributed by atoms with van der Waals surface area (Å²) in [6.45, 7) is 1.41. The summed E-state index contributed by atoms with van der Waals surface area (Å²) in [6.07, 6.45) is 5.23. The van der Waals surface area contributed by atoms with E-state index in [0.717, 1.165) is 5.69 Å². The summed E-state index contributed by atoms with van der Waals surface area (Å²) in [5.41, 5.74) is 2.26. The summed E-state index contributed by atoms with van der Waals surface area (Å²) in [7, 11) is 0. The number of hydrogen-bond acceptors (Lipinski definition) is 5. The number of fused-ring (bicyclic) bond motifs is 1. The maximum Gasteiger partial charge on any atom is 0.255 e. The molecule has 3 aromatic rings. The third-order valence-electron chi connectivity index (χ3n) is 4.43. The summed E-state index contributed by atoms with van der Waals surface area (Å²) in [6, 6.07) is 4.64. The molecule has 0 saturated carbocycles. The van der Waals surface area contributed by atoms with Gasteiger partial charge in [0, 0.05) is 49.0 Å². The van der Waals surface area contributed by atoms with Gasteiger partial charge in [0.25, 0.3) is 5.56 Å². The Hall–Kier alpha value is -2.64. The second kappa shape index (κ2) is 6.93. The minimum absolute atomic E-state index is 0.196. The third kappa shape index (κ3) is 3.23. The number of nitrogens with zero attached hydrogens (tertiary/aromatic N) is 4. The van der Waals surface area contributed by atoms with Gasteiger partial charge in [-0.3, -0.25) is 9.69 Å². The number of nitrogens with one attached hydrogen (secondary N) is 1. The number of aromatic amines is 1. The summed E-state index contributed by atoms with van der Waals surface area (Å²) < 4.78 is 14.0. The molecule has 0 atom stereocenters. The van der Waals surface area contributed by atoms with E-state index in [1.165, 1.54) is 12.4 Å². The Bertz CT molecular complexity index is 988. The molecule has 0 radical (unpaired) electrons. The van der Waals surface area contributed by atoms with Gasteiger partial charge in [0.05, 0.1) is 16.8 Å². The predicted molar refractivity (Wildman–Crippen MR) is 95.1 cm³/mol.